The van der Waals surface area contributed by atoms with Gasteiger partial charge in [0.25, 0.3) is 0 Å². The van der Waals surface area contributed by atoms with Gasteiger partial charge in [-0.1, -0.05) is 30.3 Å². The molecule has 3 nitrogen and oxygen atoms in total. The lowest BCUT2D eigenvalue weighted by atomic mass is 10.1. The Morgan fingerprint density at radius 1 is 1.28 bits per heavy atom. The Labute approximate surface area is 107 Å². The Kier molecular flexibility index (Phi) is 2.90. The number of hydrogen-bond donors (Lipinski definition) is 1. The smallest absolute Gasteiger partial charge is 0.243 e. The first-order chi connectivity index (χ1) is 8.75. The van der Waals surface area contributed by atoms with Gasteiger partial charge >= 0.3 is 0 Å². The molecule has 1 aromatic carbocycles. The summed E-state index contributed by atoms with van der Waals surface area (Å²) in [5.41, 5.74) is 5.05. The maximum atomic E-state index is 11.9. The summed E-state index contributed by atoms with van der Waals surface area (Å²) in [4.78, 5) is 11.9. The van der Waals surface area contributed by atoms with Gasteiger partial charge in [0.2, 0.25) is 5.91 Å². The van der Waals surface area contributed by atoms with Crippen LogP contribution in [-0.4, -0.2) is 11.6 Å². The molecule has 0 unspecified atom stereocenters. The predicted molar refractivity (Wildman–Crippen MR) is 71.3 cm³/mol. The van der Waals surface area contributed by atoms with E-state index in [4.69, 9.17) is 0 Å². The van der Waals surface area contributed by atoms with Crippen LogP contribution in [-0.2, 0) is 4.79 Å². The molecule has 0 spiro atoms. The molecule has 2 atom stereocenters. The first kappa shape index (κ1) is 11.5. The minimum Gasteiger partial charge on any atom is -0.273 e. The van der Waals surface area contributed by atoms with Gasteiger partial charge in [0.15, 0.2) is 0 Å². The zero-order chi connectivity index (χ0) is 12.5. The quantitative estimate of drug-likeness (QED) is 0.640. The Hall–Kier alpha value is -1.64. The molecule has 1 amide bonds. The van der Waals surface area contributed by atoms with E-state index in [1.54, 1.807) is 0 Å². The van der Waals surface area contributed by atoms with Crippen LogP contribution in [0.2, 0.25) is 0 Å². The summed E-state index contributed by atoms with van der Waals surface area (Å²) >= 11 is 0. The SMILES string of the molecule is C/C(=N/NC(=O)[C@@H]1C[C@H]1c1ccccc1)C1CC1. The van der Waals surface area contributed by atoms with Crippen molar-refractivity contribution in [1.29, 1.82) is 0 Å². The highest BCUT2D eigenvalue weighted by Gasteiger charge is 2.43. The number of carbonyl (C=O) groups excluding carboxylic acids is 1. The van der Waals surface area contributed by atoms with Crippen LogP contribution in [0.4, 0.5) is 0 Å². The third-order valence-corrected chi connectivity index (χ3v) is 3.87. The maximum absolute atomic E-state index is 11.9. The second-order valence-corrected chi connectivity index (χ2v) is 5.36. The van der Waals surface area contributed by atoms with Gasteiger partial charge in [-0.15, -0.1) is 0 Å². The molecule has 0 aromatic heterocycles. The lowest BCUT2D eigenvalue weighted by Gasteiger charge is -2.01. The average molecular weight is 242 g/mol. The fourth-order valence-corrected chi connectivity index (χ4v) is 2.37. The molecule has 0 bridgehead atoms. The fraction of sp³-hybridized carbons (Fsp3) is 0.467. The highest BCUT2D eigenvalue weighted by atomic mass is 16.2. The lowest BCUT2D eigenvalue weighted by Crippen LogP contribution is -2.21. The van der Waals surface area contributed by atoms with Crippen molar-refractivity contribution in [3.05, 3.63) is 35.9 Å². The maximum Gasteiger partial charge on any atom is 0.243 e. The molecule has 0 aliphatic heterocycles. The second-order valence-electron chi connectivity index (χ2n) is 5.36. The second kappa shape index (κ2) is 4.56. The van der Waals surface area contributed by atoms with E-state index < -0.39 is 0 Å². The van der Waals surface area contributed by atoms with Gasteiger partial charge in [0, 0.05) is 11.6 Å². The number of nitrogens with zero attached hydrogens (tertiary/aromatic N) is 1. The number of benzene rings is 1. The summed E-state index contributed by atoms with van der Waals surface area (Å²) in [5, 5.41) is 4.19. The average Bonchev–Trinajstić information content (AvgIpc) is 3.29. The number of hydrogen-bond acceptors (Lipinski definition) is 2. The number of carbonyl (C=O) groups is 1. The summed E-state index contributed by atoms with van der Waals surface area (Å²) < 4.78 is 0. The molecule has 3 heteroatoms. The number of rotatable bonds is 4. The van der Waals surface area contributed by atoms with Crippen molar-refractivity contribution in [3.63, 3.8) is 0 Å². The molecule has 3 rings (SSSR count). The zero-order valence-electron chi connectivity index (χ0n) is 10.6. The van der Waals surface area contributed by atoms with Gasteiger partial charge < -0.3 is 0 Å². The molecule has 0 heterocycles. The predicted octanol–water partition coefficient (Wildman–Crippen LogP) is 2.69. The van der Waals surface area contributed by atoms with E-state index in [-0.39, 0.29) is 11.8 Å². The monoisotopic (exact) mass is 242 g/mol. The van der Waals surface area contributed by atoms with Crippen molar-refractivity contribution >= 4 is 11.6 Å². The van der Waals surface area contributed by atoms with Gasteiger partial charge in [-0.25, -0.2) is 5.43 Å². The van der Waals surface area contributed by atoms with Crippen LogP contribution >= 0.6 is 0 Å². The van der Waals surface area contributed by atoms with Crippen LogP contribution in [0.1, 0.15) is 37.7 Å². The molecule has 1 N–H and O–H groups in total. The van der Waals surface area contributed by atoms with Crippen molar-refractivity contribution in [1.82, 2.24) is 5.43 Å². The third-order valence-electron chi connectivity index (χ3n) is 3.87. The molecule has 0 saturated heterocycles. The summed E-state index contributed by atoms with van der Waals surface area (Å²) in [6.07, 6.45) is 3.40. The van der Waals surface area contributed by atoms with Crippen molar-refractivity contribution in [2.24, 2.45) is 16.9 Å². The van der Waals surface area contributed by atoms with Crippen molar-refractivity contribution < 1.29 is 4.79 Å². The minimum absolute atomic E-state index is 0.0730. The van der Waals surface area contributed by atoms with Gasteiger partial charge in [0.05, 0.1) is 0 Å². The third kappa shape index (κ3) is 2.45. The van der Waals surface area contributed by atoms with E-state index in [0.717, 1.165) is 12.1 Å². The Bertz CT molecular complexity index is 477. The van der Waals surface area contributed by atoms with Crippen LogP contribution in [0.25, 0.3) is 0 Å². The molecule has 1 aromatic rings. The van der Waals surface area contributed by atoms with Gasteiger partial charge in [-0.05, 0) is 43.6 Å². The van der Waals surface area contributed by atoms with Crippen LogP contribution in [0, 0.1) is 11.8 Å². The molecular formula is C15H18N2O. The minimum atomic E-state index is 0.0730. The largest absolute Gasteiger partial charge is 0.273 e. The van der Waals surface area contributed by atoms with Gasteiger partial charge in [-0.3, -0.25) is 4.79 Å². The first-order valence-corrected chi connectivity index (χ1v) is 6.64. The van der Waals surface area contributed by atoms with Crippen LogP contribution in [0.5, 0.6) is 0 Å². The van der Waals surface area contributed by atoms with Gasteiger partial charge in [0.1, 0.15) is 0 Å². The Morgan fingerprint density at radius 2 is 2.00 bits per heavy atom. The van der Waals surface area contributed by atoms with E-state index in [1.165, 1.54) is 18.4 Å². The Balaban J connectivity index is 1.54. The first-order valence-electron chi connectivity index (χ1n) is 6.64. The normalized spacial score (nSPS) is 26.8. The molecule has 2 saturated carbocycles. The highest BCUT2D eigenvalue weighted by molar-refractivity contribution is 5.89. The van der Waals surface area contributed by atoms with E-state index in [1.807, 2.05) is 25.1 Å². The molecule has 2 aliphatic rings. The summed E-state index contributed by atoms with van der Waals surface area (Å²) in [5.74, 6) is 1.20. The van der Waals surface area contributed by atoms with E-state index in [9.17, 15) is 4.79 Å². The molecule has 18 heavy (non-hydrogen) atoms. The van der Waals surface area contributed by atoms with Crippen molar-refractivity contribution in [3.8, 4) is 0 Å². The summed E-state index contributed by atoms with van der Waals surface area (Å²) in [6, 6.07) is 10.2. The number of hydrazone groups is 1. The zero-order valence-corrected chi connectivity index (χ0v) is 10.6. The molecule has 94 valence electrons. The molecule has 2 aliphatic carbocycles. The highest BCUT2D eigenvalue weighted by Crippen LogP contribution is 2.47. The van der Waals surface area contributed by atoms with Crippen LogP contribution < -0.4 is 5.43 Å². The standard InChI is InChI=1S/C15H18N2O/c1-10(11-7-8-11)16-17-15(18)14-9-13(14)12-5-3-2-4-6-12/h2-6,11,13-14H,7-9H2,1H3,(H,17,18)/b16-10-/t13-,14+/m0/s1. The van der Waals surface area contributed by atoms with Crippen molar-refractivity contribution in [2.45, 2.75) is 32.1 Å². The fourth-order valence-electron chi connectivity index (χ4n) is 2.37. The Morgan fingerprint density at radius 3 is 2.67 bits per heavy atom. The van der Waals surface area contributed by atoms with E-state index >= 15 is 0 Å². The lowest BCUT2D eigenvalue weighted by molar-refractivity contribution is -0.122. The molecule has 2 fully saturated rings. The number of nitrogens with one attached hydrogen (secondary N) is 1. The van der Waals surface area contributed by atoms with E-state index in [2.05, 4.69) is 22.7 Å². The van der Waals surface area contributed by atoms with Crippen LogP contribution in [0.15, 0.2) is 35.4 Å². The topological polar surface area (TPSA) is 41.5 Å². The van der Waals surface area contributed by atoms with Gasteiger partial charge in [-0.2, -0.15) is 5.10 Å². The van der Waals surface area contributed by atoms with E-state index in [0.29, 0.717) is 11.8 Å². The van der Waals surface area contributed by atoms with Crippen molar-refractivity contribution in [2.75, 3.05) is 0 Å². The summed E-state index contributed by atoms with van der Waals surface area (Å²) in [7, 11) is 0. The molecular weight excluding hydrogens is 224 g/mol. The number of amides is 1. The molecule has 0 radical (unpaired) electrons. The van der Waals surface area contributed by atoms with Crippen LogP contribution in [0.3, 0.4) is 0 Å². The summed E-state index contributed by atoms with van der Waals surface area (Å²) in [6.45, 7) is 2.00.